The van der Waals surface area contributed by atoms with Gasteiger partial charge in [0, 0.05) is 0 Å². The molecule has 94 valence electrons. The Morgan fingerprint density at radius 2 is 1.76 bits per heavy atom. The number of aromatic hydroxyl groups is 1. The van der Waals surface area contributed by atoms with Crippen molar-refractivity contribution in [3.05, 3.63) is 28.8 Å². The zero-order valence-corrected chi connectivity index (χ0v) is 11.1. The molecule has 0 amide bonds. The fourth-order valence-corrected chi connectivity index (χ4v) is 2.88. The van der Waals surface area contributed by atoms with Crippen LogP contribution in [0, 0.1) is 5.92 Å². The first-order chi connectivity index (χ1) is 8.18. The second-order valence-corrected chi connectivity index (χ2v) is 5.71. The van der Waals surface area contributed by atoms with Gasteiger partial charge in [0.25, 0.3) is 0 Å². The van der Waals surface area contributed by atoms with Crippen LogP contribution >= 0.6 is 0 Å². The molecule has 0 heterocycles. The maximum Gasteiger partial charge on any atom is 0.119 e. The predicted octanol–water partition coefficient (Wildman–Crippen LogP) is 4.25. The van der Waals surface area contributed by atoms with Crippen molar-refractivity contribution in [1.29, 1.82) is 0 Å². The minimum atomic E-state index is 0.512. The quantitative estimate of drug-likeness (QED) is 0.808. The highest BCUT2D eigenvalue weighted by Gasteiger charge is 2.15. The summed E-state index contributed by atoms with van der Waals surface area (Å²) in [6.45, 7) is 4.45. The lowest BCUT2D eigenvalue weighted by Gasteiger charge is -2.20. The van der Waals surface area contributed by atoms with E-state index in [0.29, 0.717) is 11.7 Å². The summed E-state index contributed by atoms with van der Waals surface area (Å²) in [4.78, 5) is 0. The van der Waals surface area contributed by atoms with Crippen molar-refractivity contribution < 1.29 is 5.11 Å². The topological polar surface area (TPSA) is 20.2 Å². The summed E-state index contributed by atoms with van der Waals surface area (Å²) in [6.07, 6.45) is 8.65. The van der Waals surface area contributed by atoms with Gasteiger partial charge in [-0.25, -0.2) is 0 Å². The van der Waals surface area contributed by atoms with Gasteiger partial charge in [-0.05, 0) is 60.8 Å². The Morgan fingerprint density at radius 1 is 1.06 bits per heavy atom. The molecular weight excluding hydrogens is 208 g/mol. The molecule has 17 heavy (non-hydrogen) atoms. The monoisotopic (exact) mass is 232 g/mol. The van der Waals surface area contributed by atoms with Crippen LogP contribution < -0.4 is 0 Å². The Bertz CT molecular complexity index is 379. The highest BCUT2D eigenvalue weighted by molar-refractivity contribution is 5.45. The van der Waals surface area contributed by atoms with Crippen LogP contribution in [0.5, 0.6) is 5.75 Å². The van der Waals surface area contributed by atoms with E-state index < -0.39 is 0 Å². The van der Waals surface area contributed by atoms with E-state index in [1.807, 2.05) is 6.07 Å². The maximum absolute atomic E-state index is 10.1. The van der Waals surface area contributed by atoms with Crippen molar-refractivity contribution in [3.8, 4) is 5.75 Å². The first-order valence-corrected chi connectivity index (χ1v) is 7.01. The molecule has 0 atom stereocenters. The van der Waals surface area contributed by atoms with Crippen molar-refractivity contribution in [1.82, 2.24) is 0 Å². The molecule has 1 aromatic rings. The van der Waals surface area contributed by atoms with Gasteiger partial charge in [-0.15, -0.1) is 0 Å². The van der Waals surface area contributed by atoms with E-state index in [1.54, 1.807) is 0 Å². The van der Waals surface area contributed by atoms with Gasteiger partial charge in [0.15, 0.2) is 0 Å². The largest absolute Gasteiger partial charge is 0.508 e. The average molecular weight is 232 g/mol. The summed E-state index contributed by atoms with van der Waals surface area (Å²) in [5, 5.41) is 10.1. The molecule has 0 saturated carbocycles. The molecule has 2 rings (SSSR count). The standard InChI is InChI=1S/C16H24O/c1-12(2)11-15-14-8-6-4-3-5-7-13(14)9-10-16(15)17/h9-10,12,17H,3-8,11H2,1-2H3. The molecule has 0 unspecified atom stereocenters. The number of rotatable bonds is 2. The van der Waals surface area contributed by atoms with Crippen LogP contribution in [-0.2, 0) is 19.3 Å². The lowest BCUT2D eigenvalue weighted by atomic mass is 9.86. The summed E-state index contributed by atoms with van der Waals surface area (Å²) < 4.78 is 0. The summed E-state index contributed by atoms with van der Waals surface area (Å²) in [6, 6.07) is 4.04. The highest BCUT2D eigenvalue weighted by atomic mass is 16.3. The molecule has 0 spiro atoms. The fourth-order valence-electron chi connectivity index (χ4n) is 2.88. The fraction of sp³-hybridized carbons (Fsp3) is 0.625. The molecule has 1 heteroatoms. The average Bonchev–Trinajstić information content (AvgIpc) is 2.23. The molecule has 1 aromatic carbocycles. The number of fused-ring (bicyclic) bond motifs is 1. The molecule has 0 aromatic heterocycles. The van der Waals surface area contributed by atoms with E-state index in [-0.39, 0.29) is 0 Å². The number of hydrogen-bond donors (Lipinski definition) is 1. The Balaban J connectivity index is 2.37. The van der Waals surface area contributed by atoms with Crippen LogP contribution in [0.25, 0.3) is 0 Å². The lowest BCUT2D eigenvalue weighted by molar-refractivity contribution is 0.459. The van der Waals surface area contributed by atoms with Crippen molar-refractivity contribution in [3.63, 3.8) is 0 Å². The molecule has 0 aliphatic heterocycles. The Kier molecular flexibility index (Phi) is 4.09. The van der Waals surface area contributed by atoms with Crippen molar-refractivity contribution in [2.24, 2.45) is 5.92 Å². The number of phenolic OH excluding ortho intramolecular Hbond substituents is 1. The van der Waals surface area contributed by atoms with Gasteiger partial charge in [-0.3, -0.25) is 0 Å². The number of aryl methyl sites for hydroxylation is 1. The Morgan fingerprint density at radius 3 is 2.47 bits per heavy atom. The highest BCUT2D eigenvalue weighted by Crippen LogP contribution is 2.31. The predicted molar refractivity (Wildman–Crippen MR) is 72.5 cm³/mol. The maximum atomic E-state index is 10.1. The van der Waals surface area contributed by atoms with Crippen molar-refractivity contribution in [2.45, 2.75) is 58.8 Å². The molecule has 0 fully saturated rings. The van der Waals surface area contributed by atoms with Gasteiger partial charge in [0.2, 0.25) is 0 Å². The third kappa shape index (κ3) is 3.02. The van der Waals surface area contributed by atoms with Crippen molar-refractivity contribution in [2.75, 3.05) is 0 Å². The summed E-state index contributed by atoms with van der Waals surface area (Å²) in [5.74, 6) is 1.12. The van der Waals surface area contributed by atoms with Gasteiger partial charge in [0.1, 0.15) is 5.75 Å². The third-order valence-electron chi connectivity index (χ3n) is 3.74. The number of benzene rings is 1. The smallest absolute Gasteiger partial charge is 0.119 e. The second kappa shape index (κ2) is 5.57. The molecule has 1 aliphatic rings. The minimum absolute atomic E-state index is 0.512. The van der Waals surface area contributed by atoms with E-state index in [4.69, 9.17) is 0 Å². The first kappa shape index (κ1) is 12.5. The van der Waals surface area contributed by atoms with Gasteiger partial charge >= 0.3 is 0 Å². The zero-order chi connectivity index (χ0) is 12.3. The molecule has 1 nitrogen and oxygen atoms in total. The van der Waals surface area contributed by atoms with Crippen molar-refractivity contribution >= 4 is 0 Å². The van der Waals surface area contributed by atoms with Crippen LogP contribution in [0.15, 0.2) is 12.1 Å². The van der Waals surface area contributed by atoms with Crippen LogP contribution in [0.1, 0.15) is 56.2 Å². The molecule has 1 aliphatic carbocycles. The Labute approximate surface area is 105 Å². The number of hydrogen-bond acceptors (Lipinski definition) is 1. The van der Waals surface area contributed by atoms with Gasteiger partial charge in [0.05, 0.1) is 0 Å². The first-order valence-electron chi connectivity index (χ1n) is 7.01. The molecule has 0 saturated heterocycles. The molecule has 1 N–H and O–H groups in total. The van der Waals surface area contributed by atoms with Crippen LogP contribution in [0.2, 0.25) is 0 Å². The van der Waals surface area contributed by atoms with Gasteiger partial charge in [-0.2, -0.15) is 0 Å². The van der Waals surface area contributed by atoms with E-state index in [9.17, 15) is 5.11 Å². The normalized spacial score (nSPS) is 16.4. The number of phenols is 1. The lowest BCUT2D eigenvalue weighted by Crippen LogP contribution is -2.06. The second-order valence-electron chi connectivity index (χ2n) is 5.71. The van der Waals surface area contributed by atoms with Gasteiger partial charge in [-0.1, -0.05) is 32.8 Å². The van der Waals surface area contributed by atoms with Crippen LogP contribution in [0.4, 0.5) is 0 Å². The molecule has 0 bridgehead atoms. The Hall–Kier alpha value is -0.980. The van der Waals surface area contributed by atoms with E-state index >= 15 is 0 Å². The van der Waals surface area contributed by atoms with Crippen LogP contribution in [0.3, 0.4) is 0 Å². The summed E-state index contributed by atoms with van der Waals surface area (Å²) >= 11 is 0. The summed E-state index contributed by atoms with van der Waals surface area (Å²) in [5.41, 5.74) is 4.16. The van der Waals surface area contributed by atoms with E-state index in [2.05, 4.69) is 19.9 Å². The molecular formula is C16H24O. The molecule has 0 radical (unpaired) electrons. The van der Waals surface area contributed by atoms with E-state index in [0.717, 1.165) is 12.8 Å². The van der Waals surface area contributed by atoms with Crippen LogP contribution in [-0.4, -0.2) is 5.11 Å². The summed E-state index contributed by atoms with van der Waals surface area (Å²) in [7, 11) is 0. The van der Waals surface area contributed by atoms with Gasteiger partial charge < -0.3 is 5.11 Å². The third-order valence-corrected chi connectivity index (χ3v) is 3.74. The van der Waals surface area contributed by atoms with E-state index in [1.165, 1.54) is 48.8 Å². The zero-order valence-electron chi connectivity index (χ0n) is 11.1. The SMILES string of the molecule is CC(C)Cc1c(O)ccc2c1CCCCCC2. The minimum Gasteiger partial charge on any atom is -0.508 e.